The second-order valence-electron chi connectivity index (χ2n) is 8.04. The van der Waals surface area contributed by atoms with Crippen molar-refractivity contribution in [1.29, 1.82) is 0 Å². The molecule has 0 unspecified atom stereocenters. The van der Waals surface area contributed by atoms with E-state index in [0.29, 0.717) is 17.3 Å². The molecule has 1 saturated heterocycles. The fraction of sp³-hybridized carbons (Fsp3) is 0.0741. The monoisotopic (exact) mass is 501 g/mol. The van der Waals surface area contributed by atoms with Crippen LogP contribution in [0.2, 0.25) is 5.02 Å². The van der Waals surface area contributed by atoms with Gasteiger partial charge in [0.25, 0.3) is 11.1 Å². The number of para-hydroxylation sites is 1. The predicted octanol–water partition coefficient (Wildman–Crippen LogP) is 6.02. The van der Waals surface area contributed by atoms with Gasteiger partial charge in [-0.1, -0.05) is 66.2 Å². The molecule has 4 aromatic rings. The Morgan fingerprint density at radius 1 is 0.971 bits per heavy atom. The Bertz CT molecular complexity index is 1480. The van der Waals surface area contributed by atoms with E-state index in [-0.39, 0.29) is 11.4 Å². The summed E-state index contributed by atoms with van der Waals surface area (Å²) < 4.78 is 2.12. The molecule has 8 heteroatoms. The van der Waals surface area contributed by atoms with Crippen LogP contribution in [0.1, 0.15) is 11.1 Å². The van der Waals surface area contributed by atoms with Gasteiger partial charge in [-0.25, -0.2) is 0 Å². The number of amides is 3. The highest BCUT2D eigenvalue weighted by Gasteiger charge is 2.36. The number of rotatable bonds is 6. The van der Waals surface area contributed by atoms with Crippen LogP contribution in [-0.4, -0.2) is 33.1 Å². The number of carbonyl (C=O) groups excluding carboxylic acids is 3. The summed E-state index contributed by atoms with van der Waals surface area (Å²) in [6, 6.07) is 24.7. The lowest BCUT2D eigenvalue weighted by molar-refractivity contribution is -0.127. The zero-order valence-electron chi connectivity index (χ0n) is 18.5. The van der Waals surface area contributed by atoms with Crippen LogP contribution in [0.3, 0.4) is 0 Å². The van der Waals surface area contributed by atoms with Crippen molar-refractivity contribution < 1.29 is 14.4 Å². The molecule has 6 nitrogen and oxygen atoms in total. The van der Waals surface area contributed by atoms with Gasteiger partial charge in [-0.05, 0) is 47.7 Å². The Morgan fingerprint density at radius 2 is 1.74 bits per heavy atom. The van der Waals surface area contributed by atoms with E-state index >= 15 is 0 Å². The molecule has 1 aliphatic rings. The van der Waals surface area contributed by atoms with Gasteiger partial charge in [0.2, 0.25) is 5.91 Å². The number of carbonyl (C=O) groups is 3. The average Bonchev–Trinajstić information content (AvgIpc) is 3.32. The first-order valence-electron chi connectivity index (χ1n) is 10.9. The van der Waals surface area contributed by atoms with Crippen LogP contribution in [0.25, 0.3) is 17.0 Å². The second kappa shape index (κ2) is 9.82. The number of aromatic nitrogens is 1. The normalized spacial score (nSPS) is 14.8. The number of anilines is 1. The fourth-order valence-corrected chi connectivity index (χ4v) is 5.01. The molecule has 3 aromatic carbocycles. The van der Waals surface area contributed by atoms with Crippen molar-refractivity contribution in [3.63, 3.8) is 0 Å². The number of thioether (sulfide) groups is 1. The lowest BCUT2D eigenvalue weighted by Crippen LogP contribution is -2.36. The summed E-state index contributed by atoms with van der Waals surface area (Å²) in [5, 5.41) is 3.64. The lowest BCUT2D eigenvalue weighted by atomic mass is 10.1. The van der Waals surface area contributed by atoms with E-state index in [4.69, 9.17) is 11.6 Å². The van der Waals surface area contributed by atoms with Crippen molar-refractivity contribution in [3.8, 4) is 0 Å². The highest BCUT2D eigenvalue weighted by molar-refractivity contribution is 8.18. The van der Waals surface area contributed by atoms with Gasteiger partial charge in [0, 0.05) is 39.9 Å². The molecular weight excluding hydrogens is 482 g/mol. The van der Waals surface area contributed by atoms with E-state index in [9.17, 15) is 14.4 Å². The average molecular weight is 502 g/mol. The number of nitrogens with zero attached hydrogens (tertiary/aromatic N) is 2. The molecule has 0 radical (unpaired) electrons. The van der Waals surface area contributed by atoms with E-state index in [1.165, 1.54) is 0 Å². The van der Waals surface area contributed by atoms with E-state index < -0.39 is 17.1 Å². The molecular formula is C27H20ClN3O3S. The lowest BCUT2D eigenvalue weighted by Gasteiger charge is -2.12. The first kappa shape index (κ1) is 23.0. The quantitative estimate of drug-likeness (QED) is 0.328. The predicted molar refractivity (Wildman–Crippen MR) is 140 cm³/mol. The summed E-state index contributed by atoms with van der Waals surface area (Å²) in [4.78, 5) is 39.3. The third-order valence-corrected chi connectivity index (χ3v) is 6.73. The molecule has 1 aliphatic heterocycles. The van der Waals surface area contributed by atoms with Crippen molar-refractivity contribution in [2.75, 3.05) is 11.9 Å². The maximum Gasteiger partial charge on any atom is 0.294 e. The molecule has 1 N–H and O–H groups in total. The van der Waals surface area contributed by atoms with E-state index in [1.54, 1.807) is 30.3 Å². The number of nitrogens with one attached hydrogen (secondary N) is 1. The molecule has 1 fully saturated rings. The van der Waals surface area contributed by atoms with Crippen LogP contribution in [0.15, 0.2) is 90.0 Å². The molecule has 1 aromatic heterocycles. The summed E-state index contributed by atoms with van der Waals surface area (Å²) >= 11 is 6.78. The Morgan fingerprint density at radius 3 is 2.54 bits per heavy atom. The molecule has 0 saturated carbocycles. The largest absolute Gasteiger partial charge is 0.342 e. The van der Waals surface area contributed by atoms with Gasteiger partial charge < -0.3 is 9.88 Å². The first-order chi connectivity index (χ1) is 17.0. The Hall–Kier alpha value is -3.81. The van der Waals surface area contributed by atoms with Crippen molar-refractivity contribution in [2.24, 2.45) is 0 Å². The molecule has 3 amide bonds. The van der Waals surface area contributed by atoms with Gasteiger partial charge in [0.15, 0.2) is 0 Å². The third-order valence-electron chi connectivity index (χ3n) is 5.59. The van der Waals surface area contributed by atoms with Crippen molar-refractivity contribution in [1.82, 2.24) is 9.47 Å². The van der Waals surface area contributed by atoms with Crippen molar-refractivity contribution in [2.45, 2.75) is 6.54 Å². The SMILES string of the molecule is O=C(CN1C(=O)S/C(=C\c2cn(Cc3ccccc3)c3ccccc23)C1=O)Nc1cccc(Cl)c1. The Balaban J connectivity index is 1.37. The Labute approximate surface area is 211 Å². The van der Waals surface area contributed by atoms with Crippen LogP contribution in [0.4, 0.5) is 10.5 Å². The summed E-state index contributed by atoms with van der Waals surface area (Å²) in [5.74, 6) is -0.962. The van der Waals surface area contributed by atoms with Gasteiger partial charge >= 0.3 is 0 Å². The number of halogens is 1. The van der Waals surface area contributed by atoms with Gasteiger partial charge in [0.1, 0.15) is 6.54 Å². The summed E-state index contributed by atoms with van der Waals surface area (Å²) in [7, 11) is 0. The molecule has 2 heterocycles. The number of fused-ring (bicyclic) bond motifs is 1. The van der Waals surface area contributed by atoms with Gasteiger partial charge in [0.05, 0.1) is 4.91 Å². The van der Waals surface area contributed by atoms with Crippen molar-refractivity contribution >= 4 is 63.1 Å². The van der Waals surface area contributed by atoms with Crippen LogP contribution >= 0.6 is 23.4 Å². The molecule has 35 heavy (non-hydrogen) atoms. The maximum atomic E-state index is 13.0. The van der Waals surface area contributed by atoms with Crippen LogP contribution in [-0.2, 0) is 16.1 Å². The molecule has 0 spiro atoms. The second-order valence-corrected chi connectivity index (χ2v) is 9.47. The zero-order chi connectivity index (χ0) is 24.4. The highest BCUT2D eigenvalue weighted by Crippen LogP contribution is 2.34. The van der Waals surface area contributed by atoms with Crippen molar-refractivity contribution in [3.05, 3.63) is 106 Å². The minimum atomic E-state index is -0.485. The maximum absolute atomic E-state index is 13.0. The molecule has 5 rings (SSSR count). The number of imide groups is 1. The first-order valence-corrected chi connectivity index (χ1v) is 12.1. The van der Waals surface area contributed by atoms with Gasteiger partial charge in [-0.15, -0.1) is 0 Å². The molecule has 174 valence electrons. The highest BCUT2D eigenvalue weighted by atomic mass is 35.5. The molecule has 0 atom stereocenters. The van der Waals surface area contributed by atoms with Gasteiger partial charge in [-0.3, -0.25) is 19.3 Å². The van der Waals surface area contributed by atoms with E-state index in [1.807, 2.05) is 48.7 Å². The number of hydrogen-bond acceptors (Lipinski definition) is 4. The summed E-state index contributed by atoms with van der Waals surface area (Å²) in [5.41, 5.74) is 3.52. The van der Waals surface area contributed by atoms with Crippen LogP contribution < -0.4 is 5.32 Å². The number of hydrogen-bond donors (Lipinski definition) is 1. The fourth-order valence-electron chi connectivity index (χ4n) is 3.99. The van der Waals surface area contributed by atoms with Gasteiger partial charge in [-0.2, -0.15) is 0 Å². The molecule has 0 bridgehead atoms. The van der Waals surface area contributed by atoms with Crippen LogP contribution in [0.5, 0.6) is 0 Å². The summed E-state index contributed by atoms with van der Waals surface area (Å²) in [6.45, 7) is 0.310. The standard InChI is InChI=1S/C27H20ClN3O3S/c28-20-9-6-10-21(14-20)29-25(32)17-31-26(33)24(35-27(31)34)13-19-16-30(15-18-7-2-1-3-8-18)23-12-5-4-11-22(19)23/h1-14,16H,15,17H2,(H,29,32)/b24-13-. The minimum Gasteiger partial charge on any atom is -0.342 e. The smallest absolute Gasteiger partial charge is 0.294 e. The zero-order valence-corrected chi connectivity index (χ0v) is 20.1. The number of benzene rings is 3. The topological polar surface area (TPSA) is 71.4 Å². The third kappa shape index (κ3) is 5.01. The van der Waals surface area contributed by atoms with E-state index in [2.05, 4.69) is 22.0 Å². The summed E-state index contributed by atoms with van der Waals surface area (Å²) in [6.07, 6.45) is 3.71. The molecule has 0 aliphatic carbocycles. The Kier molecular flexibility index (Phi) is 6.44. The van der Waals surface area contributed by atoms with Crippen LogP contribution in [0, 0.1) is 0 Å². The minimum absolute atomic E-state index is 0.285. The van der Waals surface area contributed by atoms with E-state index in [0.717, 1.165) is 38.7 Å².